The number of amides is 1. The minimum absolute atomic E-state index is 0.672. The number of nitrogens with one attached hydrogen (secondary N) is 1. The molecule has 0 rings (SSSR count). The van der Waals surface area contributed by atoms with Gasteiger partial charge in [-0.2, -0.15) is 0 Å². The summed E-state index contributed by atoms with van der Waals surface area (Å²) in [5.74, 6) is -2.10. The molecule has 1 amide bonds. The quantitative estimate of drug-likeness (QED) is 0.702. The molecule has 0 fully saturated rings. The molecule has 0 spiro atoms. The molecular formula is C10H17NO6. The first-order chi connectivity index (χ1) is 7.61. The number of esters is 1. The molecule has 0 heterocycles. The Hall–Kier alpha value is -1.79. The van der Waals surface area contributed by atoms with E-state index in [-0.39, 0.29) is 0 Å². The van der Waals surface area contributed by atoms with E-state index >= 15 is 0 Å². The number of carboxylic acids is 1. The van der Waals surface area contributed by atoms with Crippen molar-refractivity contribution in [1.29, 1.82) is 0 Å². The van der Waals surface area contributed by atoms with Crippen LogP contribution in [0.3, 0.4) is 0 Å². The van der Waals surface area contributed by atoms with Crippen molar-refractivity contribution in [3.05, 3.63) is 0 Å². The molecule has 7 nitrogen and oxygen atoms in total. The van der Waals surface area contributed by atoms with Crippen LogP contribution in [0.25, 0.3) is 0 Å². The fraction of sp³-hybridized carbons (Fsp3) is 0.700. The molecule has 1 atom stereocenters. The summed E-state index contributed by atoms with van der Waals surface area (Å²) < 4.78 is 9.30. The number of aliphatic carboxylic acids is 1. The van der Waals surface area contributed by atoms with Gasteiger partial charge in [0.05, 0.1) is 0 Å². The fourth-order valence-corrected chi connectivity index (χ4v) is 0.801. The van der Waals surface area contributed by atoms with Gasteiger partial charge in [0.1, 0.15) is 11.6 Å². The summed E-state index contributed by atoms with van der Waals surface area (Å²) in [6, 6.07) is -0.968. The van der Waals surface area contributed by atoms with Crippen molar-refractivity contribution < 1.29 is 29.0 Å². The van der Waals surface area contributed by atoms with Crippen LogP contribution in [0.5, 0.6) is 0 Å². The molecule has 0 saturated carbocycles. The third kappa shape index (κ3) is 8.06. The van der Waals surface area contributed by atoms with Crippen LogP contribution in [0.2, 0.25) is 0 Å². The first-order valence-electron chi connectivity index (χ1n) is 5.00. The van der Waals surface area contributed by atoms with E-state index in [1.165, 1.54) is 6.92 Å². The van der Waals surface area contributed by atoms with Crippen molar-refractivity contribution in [1.82, 2.24) is 5.32 Å². The fourth-order valence-electron chi connectivity index (χ4n) is 0.801. The largest absolute Gasteiger partial charge is 0.479 e. The molecule has 0 aliphatic heterocycles. The maximum absolute atomic E-state index is 11.3. The summed E-state index contributed by atoms with van der Waals surface area (Å²) in [4.78, 5) is 32.6. The van der Waals surface area contributed by atoms with Gasteiger partial charge in [0, 0.05) is 0 Å². The molecule has 0 bridgehead atoms. The minimum atomic E-state index is -1.26. The molecule has 17 heavy (non-hydrogen) atoms. The van der Waals surface area contributed by atoms with Gasteiger partial charge in [-0.3, -0.25) is 0 Å². The van der Waals surface area contributed by atoms with E-state index < -0.39 is 36.3 Å². The van der Waals surface area contributed by atoms with Gasteiger partial charge in [-0.15, -0.1) is 0 Å². The maximum Gasteiger partial charge on any atom is 0.408 e. The predicted octanol–water partition coefficient (Wildman–Crippen LogP) is 0.527. The standard InChI is InChI=1S/C10H17NO6/c1-6(8(14)16-5-7(12)13)11-9(15)17-10(2,3)4/h6H,5H2,1-4H3,(H,11,15)(H,12,13)/t6-/m0/s1. The van der Waals surface area contributed by atoms with Crippen LogP contribution >= 0.6 is 0 Å². The average molecular weight is 247 g/mol. The van der Waals surface area contributed by atoms with E-state index in [4.69, 9.17) is 9.84 Å². The molecule has 98 valence electrons. The topological polar surface area (TPSA) is 102 Å². The summed E-state index contributed by atoms with van der Waals surface area (Å²) >= 11 is 0. The number of ether oxygens (including phenoxy) is 2. The van der Waals surface area contributed by atoms with Gasteiger partial charge in [-0.1, -0.05) is 0 Å². The van der Waals surface area contributed by atoms with Gasteiger partial charge in [0.2, 0.25) is 0 Å². The lowest BCUT2D eigenvalue weighted by Gasteiger charge is -2.21. The monoisotopic (exact) mass is 247 g/mol. The number of carbonyl (C=O) groups is 3. The molecule has 2 N–H and O–H groups in total. The second-order valence-corrected chi connectivity index (χ2v) is 4.37. The summed E-state index contributed by atoms with van der Waals surface area (Å²) in [6.45, 7) is 5.67. The van der Waals surface area contributed by atoms with Crippen molar-refractivity contribution in [3.8, 4) is 0 Å². The zero-order valence-corrected chi connectivity index (χ0v) is 10.3. The highest BCUT2D eigenvalue weighted by Crippen LogP contribution is 2.06. The van der Waals surface area contributed by atoms with Gasteiger partial charge in [0.25, 0.3) is 0 Å². The van der Waals surface area contributed by atoms with Gasteiger partial charge >= 0.3 is 18.0 Å². The van der Waals surface area contributed by atoms with Crippen LogP contribution in [0, 0.1) is 0 Å². The van der Waals surface area contributed by atoms with Gasteiger partial charge in [0.15, 0.2) is 6.61 Å². The Balaban J connectivity index is 4.08. The van der Waals surface area contributed by atoms with E-state index in [0.29, 0.717) is 0 Å². The van der Waals surface area contributed by atoms with Crippen molar-refractivity contribution in [2.24, 2.45) is 0 Å². The number of alkyl carbamates (subject to hydrolysis) is 1. The van der Waals surface area contributed by atoms with E-state index in [0.717, 1.165) is 0 Å². The molecule has 0 aliphatic rings. The summed E-state index contributed by atoms with van der Waals surface area (Å²) in [7, 11) is 0. The van der Waals surface area contributed by atoms with Crippen LogP contribution < -0.4 is 5.32 Å². The van der Waals surface area contributed by atoms with Crippen molar-refractivity contribution >= 4 is 18.0 Å². The van der Waals surface area contributed by atoms with Crippen LogP contribution in [0.4, 0.5) is 4.79 Å². The van der Waals surface area contributed by atoms with Gasteiger partial charge in [-0.25, -0.2) is 14.4 Å². The number of rotatable bonds is 4. The van der Waals surface area contributed by atoms with Crippen molar-refractivity contribution in [2.75, 3.05) is 6.61 Å². The summed E-state index contributed by atoms with van der Waals surface area (Å²) in [5.41, 5.74) is -0.672. The van der Waals surface area contributed by atoms with Crippen LogP contribution in [-0.4, -0.2) is 41.4 Å². The maximum atomic E-state index is 11.3. The Morgan fingerprint density at radius 2 is 1.82 bits per heavy atom. The third-order valence-corrected chi connectivity index (χ3v) is 1.42. The Bertz CT molecular complexity index is 306. The lowest BCUT2D eigenvalue weighted by molar-refractivity contribution is -0.156. The molecule has 0 aromatic rings. The molecule has 0 aliphatic carbocycles. The van der Waals surface area contributed by atoms with Gasteiger partial charge < -0.3 is 19.9 Å². The average Bonchev–Trinajstić information content (AvgIpc) is 2.10. The summed E-state index contributed by atoms with van der Waals surface area (Å²) in [5, 5.41) is 10.5. The first kappa shape index (κ1) is 15.2. The highest BCUT2D eigenvalue weighted by atomic mass is 16.6. The summed E-state index contributed by atoms with van der Waals surface area (Å²) in [6.07, 6.45) is -0.766. The zero-order chi connectivity index (χ0) is 13.6. The second-order valence-electron chi connectivity index (χ2n) is 4.37. The Kier molecular flexibility index (Phi) is 5.43. The van der Waals surface area contributed by atoms with Crippen LogP contribution in [-0.2, 0) is 19.1 Å². The zero-order valence-electron chi connectivity index (χ0n) is 10.3. The number of carbonyl (C=O) groups excluding carboxylic acids is 2. The van der Waals surface area contributed by atoms with E-state index in [1.54, 1.807) is 20.8 Å². The predicted molar refractivity (Wildman–Crippen MR) is 57.4 cm³/mol. The normalized spacial score (nSPS) is 12.5. The van der Waals surface area contributed by atoms with Crippen molar-refractivity contribution in [3.63, 3.8) is 0 Å². The third-order valence-electron chi connectivity index (χ3n) is 1.42. The van der Waals surface area contributed by atoms with E-state index in [1.807, 2.05) is 0 Å². The van der Waals surface area contributed by atoms with Crippen molar-refractivity contribution in [2.45, 2.75) is 39.3 Å². The lowest BCUT2D eigenvalue weighted by Crippen LogP contribution is -2.42. The molecule has 0 aromatic heterocycles. The first-order valence-corrected chi connectivity index (χ1v) is 5.00. The Labute approximate surface area is 99.1 Å². The second kappa shape index (κ2) is 6.07. The molecule has 7 heteroatoms. The smallest absolute Gasteiger partial charge is 0.408 e. The molecule has 0 saturated heterocycles. The lowest BCUT2D eigenvalue weighted by atomic mass is 10.2. The number of carboxylic acid groups (broad SMARTS) is 1. The highest BCUT2D eigenvalue weighted by Gasteiger charge is 2.22. The molecule has 0 radical (unpaired) electrons. The molecule has 0 unspecified atom stereocenters. The van der Waals surface area contributed by atoms with E-state index in [9.17, 15) is 14.4 Å². The van der Waals surface area contributed by atoms with Crippen LogP contribution in [0.15, 0.2) is 0 Å². The molecular weight excluding hydrogens is 230 g/mol. The SMILES string of the molecule is C[C@H](NC(=O)OC(C)(C)C)C(=O)OCC(=O)O. The highest BCUT2D eigenvalue weighted by molar-refractivity contribution is 5.82. The minimum Gasteiger partial charge on any atom is -0.479 e. The Morgan fingerprint density at radius 1 is 1.29 bits per heavy atom. The van der Waals surface area contributed by atoms with Crippen LogP contribution in [0.1, 0.15) is 27.7 Å². The number of hydrogen-bond acceptors (Lipinski definition) is 5. The van der Waals surface area contributed by atoms with Gasteiger partial charge in [-0.05, 0) is 27.7 Å². The van der Waals surface area contributed by atoms with E-state index in [2.05, 4.69) is 10.1 Å². The molecule has 0 aromatic carbocycles. The number of hydrogen-bond donors (Lipinski definition) is 2. The Morgan fingerprint density at radius 3 is 2.24 bits per heavy atom.